The van der Waals surface area contributed by atoms with Gasteiger partial charge in [-0.15, -0.1) is 0 Å². The smallest absolute Gasteiger partial charge is 0.120 e. The van der Waals surface area contributed by atoms with Gasteiger partial charge in [-0.1, -0.05) is 15.9 Å². The summed E-state index contributed by atoms with van der Waals surface area (Å²) < 4.78 is 12.3. The Bertz CT molecular complexity index is 653. The molecule has 32 heavy (non-hydrogen) atoms. The summed E-state index contributed by atoms with van der Waals surface area (Å²) >= 11 is 3.75. The molecule has 2 aliphatic rings. The predicted octanol–water partition coefficient (Wildman–Crippen LogP) is 6.07. The second-order valence-corrected chi connectivity index (χ2v) is 11.1. The summed E-state index contributed by atoms with van der Waals surface area (Å²) in [6.45, 7) is 9.82. The molecule has 4 nitrogen and oxygen atoms in total. The first-order chi connectivity index (χ1) is 15.5. The highest BCUT2D eigenvalue weighted by Gasteiger charge is 2.23. The highest BCUT2D eigenvalue weighted by Crippen LogP contribution is 2.30. The van der Waals surface area contributed by atoms with Crippen molar-refractivity contribution in [3.05, 3.63) is 28.2 Å². The molecule has 2 fully saturated rings. The molecular weight excluding hydrogens is 464 g/mol. The Hall–Kier alpha value is -0.620. The second kappa shape index (κ2) is 13.9. The maximum atomic E-state index is 5.90. The number of piperidine rings is 1. The molecule has 0 amide bonds. The quantitative estimate of drug-likeness (QED) is 0.347. The summed E-state index contributed by atoms with van der Waals surface area (Å²) in [4.78, 5) is 2.71. The molecule has 5 heteroatoms. The van der Waals surface area contributed by atoms with Crippen LogP contribution in [0.4, 0.5) is 0 Å². The van der Waals surface area contributed by atoms with E-state index in [1.54, 1.807) is 7.11 Å². The molecule has 0 bridgehead atoms. The molecule has 1 N–H and O–H groups in total. The van der Waals surface area contributed by atoms with Gasteiger partial charge in [0.15, 0.2) is 0 Å². The second-order valence-electron chi connectivity index (χ2n) is 10.2. The Labute approximate surface area is 204 Å². The molecule has 1 saturated carbocycles. The van der Waals surface area contributed by atoms with Gasteiger partial charge in [0.25, 0.3) is 0 Å². The van der Waals surface area contributed by atoms with Gasteiger partial charge in [0.05, 0.1) is 12.7 Å². The first kappa shape index (κ1) is 26.0. The Morgan fingerprint density at radius 1 is 1.06 bits per heavy atom. The molecule has 0 atom stereocenters. The van der Waals surface area contributed by atoms with Crippen LogP contribution in [-0.4, -0.2) is 56.9 Å². The maximum Gasteiger partial charge on any atom is 0.120 e. The van der Waals surface area contributed by atoms with E-state index in [4.69, 9.17) is 9.47 Å². The number of hydrogen-bond donors (Lipinski definition) is 1. The fourth-order valence-electron chi connectivity index (χ4n) is 5.40. The van der Waals surface area contributed by atoms with E-state index >= 15 is 0 Å². The first-order valence-corrected chi connectivity index (χ1v) is 13.7. The first-order valence-electron chi connectivity index (χ1n) is 12.9. The average Bonchev–Trinajstić information content (AvgIpc) is 2.78. The fourth-order valence-corrected chi connectivity index (χ4v) is 5.81. The Balaban J connectivity index is 1.30. The lowest BCUT2D eigenvalue weighted by atomic mass is 9.83. The van der Waals surface area contributed by atoms with Gasteiger partial charge in [-0.25, -0.2) is 0 Å². The van der Waals surface area contributed by atoms with Gasteiger partial charge < -0.3 is 19.7 Å². The van der Waals surface area contributed by atoms with E-state index in [-0.39, 0.29) is 6.10 Å². The maximum absolute atomic E-state index is 5.90. The van der Waals surface area contributed by atoms with Gasteiger partial charge in [-0.2, -0.15) is 0 Å². The molecule has 0 radical (unpaired) electrons. The van der Waals surface area contributed by atoms with Crippen LogP contribution in [0.25, 0.3) is 0 Å². The number of likely N-dealkylation sites (tertiary alicyclic amines) is 1. The third kappa shape index (κ3) is 8.96. The lowest BCUT2D eigenvalue weighted by Crippen LogP contribution is -2.36. The summed E-state index contributed by atoms with van der Waals surface area (Å²) in [5, 5.41) is 3.64. The summed E-state index contributed by atoms with van der Waals surface area (Å²) in [7, 11) is 1.78. The van der Waals surface area contributed by atoms with Gasteiger partial charge in [-0.05, 0) is 127 Å². The van der Waals surface area contributed by atoms with Gasteiger partial charge in [0.2, 0.25) is 0 Å². The van der Waals surface area contributed by atoms with Crippen LogP contribution in [-0.2, 0) is 11.2 Å². The van der Waals surface area contributed by atoms with Crippen molar-refractivity contribution in [1.82, 2.24) is 10.2 Å². The van der Waals surface area contributed by atoms with E-state index in [0.717, 1.165) is 43.2 Å². The van der Waals surface area contributed by atoms with E-state index < -0.39 is 0 Å². The van der Waals surface area contributed by atoms with Crippen LogP contribution in [0.1, 0.15) is 70.8 Å². The molecule has 1 aliphatic heterocycles. The topological polar surface area (TPSA) is 33.7 Å². The SMILES string of the molecule is COCCNC1CCC(CCCN2CCC(Cc3cc(OC(C)C)ccc3Br)CC2)CC1. The van der Waals surface area contributed by atoms with Crippen LogP contribution in [0.5, 0.6) is 5.75 Å². The monoisotopic (exact) mass is 508 g/mol. The van der Waals surface area contributed by atoms with Gasteiger partial charge >= 0.3 is 0 Å². The summed E-state index contributed by atoms with van der Waals surface area (Å²) in [5.41, 5.74) is 1.40. The lowest BCUT2D eigenvalue weighted by molar-refractivity contribution is 0.171. The number of halogens is 1. The van der Waals surface area contributed by atoms with Crippen LogP contribution >= 0.6 is 15.9 Å². The Kier molecular flexibility index (Phi) is 11.3. The van der Waals surface area contributed by atoms with Gasteiger partial charge in [0, 0.05) is 24.2 Å². The lowest BCUT2D eigenvalue weighted by Gasteiger charge is -2.33. The number of rotatable bonds is 12. The molecule has 1 heterocycles. The number of methoxy groups -OCH3 is 1. The molecule has 1 aliphatic carbocycles. The standard InChI is InChI=1S/C27H45BrN2O2/c1-21(2)32-26-10-11-27(28)24(20-26)19-23-12-16-30(17-13-23)15-4-5-22-6-8-25(9-7-22)29-14-18-31-3/h10-11,20-23,25,29H,4-9,12-19H2,1-3H3. The number of ether oxygens (including phenoxy) is 2. The van der Waals surface area contributed by atoms with Crippen molar-refractivity contribution in [3.63, 3.8) is 0 Å². The largest absolute Gasteiger partial charge is 0.491 e. The summed E-state index contributed by atoms with van der Waals surface area (Å²) in [6, 6.07) is 7.17. The van der Waals surface area contributed by atoms with Crippen LogP contribution in [0, 0.1) is 11.8 Å². The molecule has 1 saturated heterocycles. The minimum atomic E-state index is 0.222. The zero-order chi connectivity index (χ0) is 22.8. The van der Waals surface area contributed by atoms with Crippen molar-refractivity contribution in [2.75, 3.05) is 39.9 Å². The van der Waals surface area contributed by atoms with E-state index in [0.29, 0.717) is 0 Å². The molecule has 182 valence electrons. The molecule has 3 rings (SSSR count). The van der Waals surface area contributed by atoms with E-state index in [2.05, 4.69) is 58.2 Å². The van der Waals surface area contributed by atoms with Crippen LogP contribution in [0.2, 0.25) is 0 Å². The summed E-state index contributed by atoms with van der Waals surface area (Å²) in [5.74, 6) is 2.74. The van der Waals surface area contributed by atoms with Crippen LogP contribution < -0.4 is 10.1 Å². The molecule has 0 spiro atoms. The molecule has 1 aromatic carbocycles. The molecule has 0 unspecified atom stereocenters. The van der Waals surface area contributed by atoms with E-state index in [1.807, 2.05) is 0 Å². The van der Waals surface area contributed by atoms with Crippen molar-refractivity contribution in [2.24, 2.45) is 11.8 Å². The number of nitrogens with one attached hydrogen (secondary N) is 1. The normalized spacial score (nSPS) is 23.0. The Morgan fingerprint density at radius 2 is 1.81 bits per heavy atom. The number of benzene rings is 1. The predicted molar refractivity (Wildman–Crippen MR) is 138 cm³/mol. The third-order valence-corrected chi connectivity index (χ3v) is 8.05. The zero-order valence-electron chi connectivity index (χ0n) is 20.6. The van der Waals surface area contributed by atoms with Crippen molar-refractivity contribution < 1.29 is 9.47 Å². The van der Waals surface area contributed by atoms with Crippen LogP contribution in [0.15, 0.2) is 22.7 Å². The minimum Gasteiger partial charge on any atom is -0.491 e. The van der Waals surface area contributed by atoms with Crippen molar-refractivity contribution in [1.29, 1.82) is 0 Å². The zero-order valence-corrected chi connectivity index (χ0v) is 22.2. The molecular formula is C27H45BrN2O2. The highest BCUT2D eigenvalue weighted by molar-refractivity contribution is 9.10. The van der Waals surface area contributed by atoms with Gasteiger partial charge in [0.1, 0.15) is 5.75 Å². The number of nitrogens with zero attached hydrogens (tertiary/aromatic N) is 1. The molecule has 1 aromatic rings. The van der Waals surface area contributed by atoms with E-state index in [1.165, 1.54) is 81.0 Å². The van der Waals surface area contributed by atoms with Crippen molar-refractivity contribution in [2.45, 2.75) is 83.8 Å². The van der Waals surface area contributed by atoms with Crippen molar-refractivity contribution >= 4 is 15.9 Å². The third-order valence-electron chi connectivity index (χ3n) is 7.28. The van der Waals surface area contributed by atoms with Crippen molar-refractivity contribution in [3.8, 4) is 5.75 Å². The highest BCUT2D eigenvalue weighted by atomic mass is 79.9. The van der Waals surface area contributed by atoms with Gasteiger partial charge in [-0.3, -0.25) is 0 Å². The minimum absolute atomic E-state index is 0.222. The summed E-state index contributed by atoms with van der Waals surface area (Å²) in [6.07, 6.45) is 12.3. The fraction of sp³-hybridized carbons (Fsp3) is 0.778. The van der Waals surface area contributed by atoms with E-state index in [9.17, 15) is 0 Å². The average molecular weight is 510 g/mol. The Morgan fingerprint density at radius 3 is 2.50 bits per heavy atom. The molecule has 0 aromatic heterocycles. The number of hydrogen-bond acceptors (Lipinski definition) is 4. The van der Waals surface area contributed by atoms with Crippen LogP contribution in [0.3, 0.4) is 0 Å².